The Morgan fingerprint density at radius 1 is 0.882 bits per heavy atom. The smallest absolute Gasteiger partial charge is 0.273 e. The molecule has 6 heteroatoms. The number of carbonyl (C=O) groups excluding carboxylic acids is 3. The van der Waals surface area contributed by atoms with E-state index in [1.54, 1.807) is 24.3 Å². The van der Waals surface area contributed by atoms with Gasteiger partial charge in [-0.05, 0) is 79.3 Å². The average molecular weight is 473 g/mol. The maximum Gasteiger partial charge on any atom is 0.335 e. The fraction of sp³-hybridized carbons (Fsp3) is 0.179. The van der Waals surface area contributed by atoms with Crippen LogP contribution < -0.4 is 10.2 Å². The number of nitrogens with one attached hydrogen (secondary N) is 1. The van der Waals surface area contributed by atoms with E-state index in [2.05, 4.69) is 23.5 Å². The predicted molar refractivity (Wildman–Crippen MR) is 135 cm³/mol. The van der Waals surface area contributed by atoms with Crippen molar-refractivity contribution in [3.05, 3.63) is 105 Å². The number of nitrogens with zero attached hydrogens (tertiary/aromatic N) is 1. The van der Waals surface area contributed by atoms with Crippen LogP contribution in [0.25, 0.3) is 6.08 Å². The third-order valence-electron chi connectivity index (χ3n) is 5.79. The van der Waals surface area contributed by atoms with E-state index >= 15 is 0 Å². The van der Waals surface area contributed by atoms with Crippen LogP contribution in [0.5, 0.6) is 0 Å². The summed E-state index contributed by atoms with van der Waals surface area (Å²) in [6.45, 7) is 6.11. The Bertz CT molecular complexity index is 1310. The molecule has 0 bridgehead atoms. The van der Waals surface area contributed by atoms with Crippen LogP contribution >= 0.6 is 11.6 Å². The third-order valence-corrected chi connectivity index (χ3v) is 6.02. The maximum atomic E-state index is 13.3. The fourth-order valence-electron chi connectivity index (χ4n) is 4.18. The lowest BCUT2D eigenvalue weighted by molar-refractivity contribution is -0.122. The van der Waals surface area contributed by atoms with Gasteiger partial charge in [0.25, 0.3) is 11.8 Å². The minimum absolute atomic E-state index is 0.122. The second-order valence-electron chi connectivity index (χ2n) is 8.49. The predicted octanol–water partition coefficient (Wildman–Crippen LogP) is 5.78. The summed E-state index contributed by atoms with van der Waals surface area (Å²) in [7, 11) is 0. The highest BCUT2D eigenvalue weighted by Gasteiger charge is 2.36. The number of urea groups is 1. The highest BCUT2D eigenvalue weighted by Crippen LogP contribution is 2.26. The Morgan fingerprint density at radius 2 is 1.56 bits per heavy atom. The Morgan fingerprint density at radius 3 is 2.21 bits per heavy atom. The summed E-state index contributed by atoms with van der Waals surface area (Å²) in [5.41, 5.74) is 6.37. The van der Waals surface area contributed by atoms with Crippen molar-refractivity contribution in [2.24, 2.45) is 0 Å². The van der Waals surface area contributed by atoms with Crippen molar-refractivity contribution in [1.82, 2.24) is 5.32 Å². The molecule has 1 fully saturated rings. The number of rotatable bonds is 5. The first kappa shape index (κ1) is 23.5. The van der Waals surface area contributed by atoms with E-state index in [0.29, 0.717) is 22.7 Å². The Kier molecular flexibility index (Phi) is 6.66. The van der Waals surface area contributed by atoms with Crippen LogP contribution in [-0.4, -0.2) is 17.8 Å². The van der Waals surface area contributed by atoms with E-state index in [4.69, 9.17) is 11.6 Å². The molecule has 172 valence electrons. The quantitative estimate of drug-likeness (QED) is 0.378. The Balaban J connectivity index is 1.73. The summed E-state index contributed by atoms with van der Waals surface area (Å²) in [6.07, 6.45) is 2.96. The van der Waals surface area contributed by atoms with Crippen molar-refractivity contribution in [1.29, 1.82) is 0 Å². The molecule has 0 radical (unpaired) electrons. The van der Waals surface area contributed by atoms with Crippen molar-refractivity contribution in [3.8, 4) is 0 Å². The summed E-state index contributed by atoms with van der Waals surface area (Å²) in [5.74, 6) is -1.40. The van der Waals surface area contributed by atoms with E-state index < -0.39 is 17.8 Å². The van der Waals surface area contributed by atoms with Crippen molar-refractivity contribution < 1.29 is 14.4 Å². The monoisotopic (exact) mass is 472 g/mol. The minimum Gasteiger partial charge on any atom is -0.273 e. The van der Waals surface area contributed by atoms with E-state index in [-0.39, 0.29) is 5.57 Å². The molecule has 3 aromatic rings. The maximum absolute atomic E-state index is 13.3. The number of aryl methyl sites for hydroxylation is 3. The molecule has 5 nitrogen and oxygen atoms in total. The Labute approximate surface area is 204 Å². The van der Waals surface area contributed by atoms with Crippen molar-refractivity contribution in [3.63, 3.8) is 0 Å². The number of imide groups is 2. The highest BCUT2D eigenvalue weighted by atomic mass is 35.5. The van der Waals surface area contributed by atoms with Crippen LogP contribution in [0, 0.1) is 13.8 Å². The number of hydrogen-bond donors (Lipinski definition) is 1. The van der Waals surface area contributed by atoms with Gasteiger partial charge in [0.2, 0.25) is 0 Å². The number of carbonyl (C=O) groups is 3. The topological polar surface area (TPSA) is 66.5 Å². The summed E-state index contributed by atoms with van der Waals surface area (Å²) >= 11 is 6.26. The molecule has 0 atom stereocenters. The highest BCUT2D eigenvalue weighted by molar-refractivity contribution is 6.39. The lowest BCUT2D eigenvalue weighted by Crippen LogP contribution is -2.54. The molecule has 1 heterocycles. The third kappa shape index (κ3) is 4.95. The zero-order chi connectivity index (χ0) is 24.4. The van der Waals surface area contributed by atoms with Crippen molar-refractivity contribution >= 4 is 41.2 Å². The largest absolute Gasteiger partial charge is 0.335 e. The zero-order valence-electron chi connectivity index (χ0n) is 19.3. The average Bonchev–Trinajstić information content (AvgIpc) is 2.78. The SMILES string of the molecule is CCc1ccc(N2C(=O)NC(=O)/C(=C\c3cc(Cl)ccc3Cc3cc(C)cc(C)c3)C2=O)cc1. The number of anilines is 1. The van der Waals surface area contributed by atoms with Gasteiger partial charge in [0.1, 0.15) is 5.57 Å². The molecule has 34 heavy (non-hydrogen) atoms. The molecule has 1 aliphatic rings. The van der Waals surface area contributed by atoms with Gasteiger partial charge in [0.05, 0.1) is 5.69 Å². The van der Waals surface area contributed by atoms with Gasteiger partial charge in [0, 0.05) is 5.02 Å². The van der Waals surface area contributed by atoms with Crippen LogP contribution in [0.3, 0.4) is 0 Å². The number of halogens is 1. The molecule has 0 saturated carbocycles. The van der Waals surface area contributed by atoms with Gasteiger partial charge < -0.3 is 0 Å². The van der Waals surface area contributed by atoms with Gasteiger partial charge in [0.15, 0.2) is 0 Å². The Hall–Kier alpha value is -3.70. The molecule has 0 aromatic heterocycles. The van der Waals surface area contributed by atoms with Crippen LogP contribution in [0.1, 0.15) is 40.3 Å². The van der Waals surface area contributed by atoms with Gasteiger partial charge in [-0.25, -0.2) is 9.69 Å². The molecule has 0 aliphatic carbocycles. The molecule has 3 aromatic carbocycles. The van der Waals surface area contributed by atoms with Crippen LogP contribution in [-0.2, 0) is 22.4 Å². The molecular weight excluding hydrogens is 448 g/mol. The number of hydrogen-bond acceptors (Lipinski definition) is 3. The van der Waals surface area contributed by atoms with Gasteiger partial charge in [-0.15, -0.1) is 0 Å². The van der Waals surface area contributed by atoms with E-state index in [0.717, 1.165) is 39.1 Å². The van der Waals surface area contributed by atoms with Gasteiger partial charge in [-0.2, -0.15) is 0 Å². The molecule has 0 spiro atoms. The second kappa shape index (κ2) is 9.65. The lowest BCUT2D eigenvalue weighted by atomic mass is 9.95. The molecule has 0 unspecified atom stereocenters. The van der Waals surface area contributed by atoms with E-state index in [1.807, 2.05) is 39.0 Å². The van der Waals surface area contributed by atoms with Gasteiger partial charge in [-0.1, -0.05) is 66.0 Å². The second-order valence-corrected chi connectivity index (χ2v) is 8.93. The van der Waals surface area contributed by atoms with Crippen LogP contribution in [0.4, 0.5) is 10.5 Å². The van der Waals surface area contributed by atoms with Crippen LogP contribution in [0.15, 0.2) is 66.2 Å². The summed E-state index contributed by atoms with van der Waals surface area (Å²) in [5, 5.41) is 2.77. The standard InChI is InChI=1S/C28H25ClN2O3/c1-4-19-5-9-24(10-6-19)31-27(33)25(26(32)30-28(31)34)16-22-15-23(29)8-7-21(22)14-20-12-17(2)11-18(3)13-20/h5-13,15-16H,4,14H2,1-3H3,(H,30,32,34)/b25-16+. The zero-order valence-corrected chi connectivity index (χ0v) is 20.1. The molecular formula is C28H25ClN2O3. The fourth-order valence-corrected chi connectivity index (χ4v) is 4.36. The van der Waals surface area contributed by atoms with Crippen molar-refractivity contribution in [2.45, 2.75) is 33.6 Å². The first-order valence-electron chi connectivity index (χ1n) is 11.1. The summed E-state index contributed by atoms with van der Waals surface area (Å²) in [6, 6.07) is 18.1. The van der Waals surface area contributed by atoms with Gasteiger partial charge >= 0.3 is 6.03 Å². The number of barbiturate groups is 1. The molecule has 1 N–H and O–H groups in total. The molecule has 1 aliphatic heterocycles. The van der Waals surface area contributed by atoms with E-state index in [1.165, 1.54) is 6.08 Å². The molecule has 4 rings (SSSR count). The molecule has 4 amide bonds. The van der Waals surface area contributed by atoms with Crippen LogP contribution in [0.2, 0.25) is 5.02 Å². The summed E-state index contributed by atoms with van der Waals surface area (Å²) in [4.78, 5) is 39.5. The first-order valence-corrected chi connectivity index (χ1v) is 11.5. The van der Waals surface area contributed by atoms with Crippen molar-refractivity contribution in [2.75, 3.05) is 4.90 Å². The number of amides is 4. The number of benzene rings is 3. The van der Waals surface area contributed by atoms with E-state index in [9.17, 15) is 14.4 Å². The van der Waals surface area contributed by atoms with Gasteiger partial charge in [-0.3, -0.25) is 14.9 Å². The summed E-state index contributed by atoms with van der Waals surface area (Å²) < 4.78 is 0. The first-order chi connectivity index (χ1) is 16.2. The minimum atomic E-state index is -0.766. The lowest BCUT2D eigenvalue weighted by Gasteiger charge is -2.26. The normalized spacial score (nSPS) is 15.1. The molecule has 1 saturated heterocycles.